The molecule has 0 aromatic carbocycles. The van der Waals surface area contributed by atoms with E-state index >= 15 is 0 Å². The highest BCUT2D eigenvalue weighted by atomic mass is 32.2. The molecule has 4 heterocycles. The van der Waals surface area contributed by atoms with Crippen molar-refractivity contribution in [2.24, 2.45) is 14.9 Å². The number of halogens is 3. The lowest BCUT2D eigenvalue weighted by molar-refractivity contribution is -0.141. The van der Waals surface area contributed by atoms with E-state index in [0.717, 1.165) is 0 Å². The van der Waals surface area contributed by atoms with Crippen molar-refractivity contribution in [2.45, 2.75) is 31.5 Å². The average molecular weight is 527 g/mol. The van der Waals surface area contributed by atoms with Crippen molar-refractivity contribution in [1.29, 1.82) is 0 Å². The van der Waals surface area contributed by atoms with Crippen LogP contribution >= 0.6 is 0 Å². The Morgan fingerprint density at radius 2 is 2.08 bits per heavy atom. The first kappa shape index (κ1) is 25.3. The number of urea groups is 1. The van der Waals surface area contributed by atoms with Gasteiger partial charge in [0, 0.05) is 23.2 Å². The highest BCUT2D eigenvalue weighted by Crippen LogP contribution is 2.34. The largest absolute Gasteiger partial charge is 0.481 e. The average Bonchev–Trinajstić information content (AvgIpc) is 3.21. The van der Waals surface area contributed by atoms with Gasteiger partial charge in [0.05, 0.1) is 32.7 Å². The third-order valence-corrected chi connectivity index (χ3v) is 6.32. The van der Waals surface area contributed by atoms with Gasteiger partial charge in [0.25, 0.3) is 0 Å². The van der Waals surface area contributed by atoms with Crippen molar-refractivity contribution < 1.29 is 31.6 Å². The number of ether oxygens (including phenoxy) is 2. The molecule has 0 saturated carbocycles. The number of nitrogens with zero attached hydrogens (tertiary/aromatic N) is 6. The highest BCUT2D eigenvalue weighted by molar-refractivity contribution is 7.91. The Morgan fingerprint density at radius 1 is 1.33 bits per heavy atom. The smallest absolute Gasteiger partial charge is 0.434 e. The first-order valence-corrected chi connectivity index (χ1v) is 11.9. The van der Waals surface area contributed by atoms with E-state index in [2.05, 4.69) is 29.7 Å². The summed E-state index contributed by atoms with van der Waals surface area (Å²) in [6, 6.07) is 1.50. The van der Waals surface area contributed by atoms with E-state index in [-0.39, 0.29) is 39.9 Å². The molecule has 36 heavy (non-hydrogen) atoms. The SMILES string of the molecule is COc1cc(-c2ncc(C(F)(F)F)nc2NC(=O)N=S(N)(=O)c2cnn3c2OCC(C)(C)C3)ccn1. The molecule has 2 amide bonds. The standard InChI is InChI=1S/C20H21F3N8O4S/c1-19(2)9-31-17(35-10-19)12(7-27-31)36(24,33)30-18(32)29-16-15(11-4-5-25-14(6-11)34-3)26-8-13(28-16)20(21,22)23/h4-8H,9-10H2,1-3H3,(H3,24,28,29,30,32,33). The topological polar surface area (TPSA) is 160 Å². The fraction of sp³-hybridized carbons (Fsp3) is 0.350. The molecule has 0 radical (unpaired) electrons. The molecule has 0 fully saturated rings. The number of rotatable bonds is 4. The van der Waals surface area contributed by atoms with Crippen LogP contribution < -0.4 is 19.9 Å². The zero-order valence-electron chi connectivity index (χ0n) is 19.2. The second-order valence-corrected chi connectivity index (χ2v) is 10.3. The summed E-state index contributed by atoms with van der Waals surface area (Å²) in [6.07, 6.45) is -1.82. The normalized spacial score (nSPS) is 16.3. The number of pyridine rings is 1. The minimum Gasteiger partial charge on any atom is -0.481 e. The Balaban J connectivity index is 1.71. The summed E-state index contributed by atoms with van der Waals surface area (Å²) in [5, 5.41) is 12.0. The molecule has 1 unspecified atom stereocenters. The van der Waals surface area contributed by atoms with Crippen LogP contribution in [0.2, 0.25) is 0 Å². The van der Waals surface area contributed by atoms with Gasteiger partial charge in [-0.05, 0) is 6.07 Å². The summed E-state index contributed by atoms with van der Waals surface area (Å²) in [4.78, 5) is 23.8. The molecule has 0 spiro atoms. The van der Waals surface area contributed by atoms with Crippen LogP contribution in [0.15, 0.2) is 40.0 Å². The van der Waals surface area contributed by atoms with Crippen molar-refractivity contribution in [3.8, 4) is 23.0 Å². The van der Waals surface area contributed by atoms with Gasteiger partial charge in [-0.15, -0.1) is 4.36 Å². The summed E-state index contributed by atoms with van der Waals surface area (Å²) in [5.74, 6) is -0.339. The van der Waals surface area contributed by atoms with Crippen molar-refractivity contribution in [2.75, 3.05) is 19.0 Å². The monoisotopic (exact) mass is 526 g/mol. The van der Waals surface area contributed by atoms with Gasteiger partial charge in [-0.1, -0.05) is 13.8 Å². The minimum absolute atomic E-state index is 0.0989. The van der Waals surface area contributed by atoms with Gasteiger partial charge in [0.1, 0.15) is 10.6 Å². The first-order chi connectivity index (χ1) is 16.8. The molecule has 1 aliphatic rings. The number of anilines is 1. The van der Waals surface area contributed by atoms with Crippen LogP contribution in [-0.2, 0) is 22.6 Å². The molecule has 3 aromatic heterocycles. The number of alkyl halides is 3. The Morgan fingerprint density at radius 3 is 2.78 bits per heavy atom. The lowest BCUT2D eigenvalue weighted by atomic mass is 9.94. The number of nitrogens with one attached hydrogen (secondary N) is 1. The number of hydrogen-bond acceptors (Lipinski definition) is 8. The zero-order chi connectivity index (χ0) is 26.3. The molecule has 4 rings (SSSR count). The third kappa shape index (κ3) is 5.23. The number of nitrogens with two attached hydrogens (primary N) is 1. The zero-order valence-corrected chi connectivity index (χ0v) is 20.1. The molecular weight excluding hydrogens is 505 g/mol. The number of methoxy groups -OCH3 is 1. The van der Waals surface area contributed by atoms with Gasteiger partial charge in [-0.2, -0.15) is 18.3 Å². The van der Waals surface area contributed by atoms with Gasteiger partial charge in [-0.25, -0.2) is 28.8 Å². The Kier molecular flexibility index (Phi) is 6.34. The van der Waals surface area contributed by atoms with Crippen LogP contribution in [0, 0.1) is 5.41 Å². The lowest BCUT2D eigenvalue weighted by Gasteiger charge is -2.30. The lowest BCUT2D eigenvalue weighted by Crippen LogP contribution is -2.33. The fourth-order valence-electron chi connectivity index (χ4n) is 3.32. The molecule has 3 N–H and O–H groups in total. The van der Waals surface area contributed by atoms with E-state index in [0.29, 0.717) is 12.7 Å². The van der Waals surface area contributed by atoms with E-state index < -0.39 is 33.6 Å². The summed E-state index contributed by atoms with van der Waals surface area (Å²) in [5.41, 5.74) is -1.50. The van der Waals surface area contributed by atoms with Crippen molar-refractivity contribution in [3.05, 3.63) is 36.4 Å². The van der Waals surface area contributed by atoms with Crippen molar-refractivity contribution in [1.82, 2.24) is 24.7 Å². The third-order valence-electron chi connectivity index (χ3n) is 4.98. The molecular formula is C20H21F3N8O4S. The molecule has 3 aromatic rings. The summed E-state index contributed by atoms with van der Waals surface area (Å²) in [7, 11) is -2.54. The van der Waals surface area contributed by atoms with Gasteiger partial charge in [-0.3, -0.25) is 10.3 Å². The van der Waals surface area contributed by atoms with Crippen LogP contribution in [0.4, 0.5) is 23.8 Å². The molecule has 1 atom stereocenters. The number of aromatic nitrogens is 5. The molecule has 0 saturated heterocycles. The number of carbonyl (C=O) groups is 1. The van der Waals surface area contributed by atoms with Gasteiger partial charge >= 0.3 is 12.2 Å². The number of fused-ring (bicyclic) bond motifs is 1. The van der Waals surface area contributed by atoms with E-state index in [1.54, 1.807) is 0 Å². The Bertz CT molecular complexity index is 1450. The minimum atomic E-state index is -4.85. The summed E-state index contributed by atoms with van der Waals surface area (Å²) >= 11 is 0. The van der Waals surface area contributed by atoms with E-state index in [4.69, 9.17) is 14.6 Å². The van der Waals surface area contributed by atoms with Crippen molar-refractivity contribution in [3.63, 3.8) is 0 Å². The quantitative estimate of drug-likeness (QED) is 0.524. The number of carbonyl (C=O) groups excluding carboxylic acids is 1. The molecule has 1 aliphatic heterocycles. The number of hydrogen-bond donors (Lipinski definition) is 2. The first-order valence-electron chi connectivity index (χ1n) is 10.3. The van der Waals surface area contributed by atoms with E-state index in [1.165, 1.54) is 36.3 Å². The molecule has 0 aliphatic carbocycles. The van der Waals surface area contributed by atoms with Crippen LogP contribution in [0.25, 0.3) is 11.3 Å². The predicted molar refractivity (Wildman–Crippen MR) is 120 cm³/mol. The van der Waals surface area contributed by atoms with Crippen LogP contribution in [-0.4, -0.2) is 48.7 Å². The fourth-order valence-corrected chi connectivity index (χ4v) is 4.32. The molecule has 192 valence electrons. The number of amides is 2. The maximum absolute atomic E-state index is 13.3. The predicted octanol–water partition coefficient (Wildman–Crippen LogP) is 3.11. The maximum atomic E-state index is 13.3. The Labute approximate surface area is 203 Å². The molecule has 12 nitrogen and oxygen atoms in total. The molecule has 0 bridgehead atoms. The molecule has 16 heteroatoms. The maximum Gasteiger partial charge on any atom is 0.434 e. The van der Waals surface area contributed by atoms with Crippen LogP contribution in [0.1, 0.15) is 19.5 Å². The van der Waals surface area contributed by atoms with E-state index in [1.807, 2.05) is 13.8 Å². The second kappa shape index (κ2) is 9.02. The van der Waals surface area contributed by atoms with Crippen LogP contribution in [0.3, 0.4) is 0 Å². The van der Waals surface area contributed by atoms with Crippen LogP contribution in [0.5, 0.6) is 11.8 Å². The summed E-state index contributed by atoms with van der Waals surface area (Å²) < 4.78 is 68.5. The van der Waals surface area contributed by atoms with Crippen molar-refractivity contribution >= 4 is 21.8 Å². The highest BCUT2D eigenvalue weighted by Gasteiger charge is 2.35. The van der Waals surface area contributed by atoms with Gasteiger partial charge < -0.3 is 9.47 Å². The Hall–Kier alpha value is -3.79. The van der Waals surface area contributed by atoms with Gasteiger partial charge in [0.15, 0.2) is 21.4 Å². The van der Waals surface area contributed by atoms with E-state index in [9.17, 15) is 22.2 Å². The van der Waals surface area contributed by atoms with Gasteiger partial charge in [0.2, 0.25) is 11.8 Å². The second-order valence-electron chi connectivity index (χ2n) is 8.55. The summed E-state index contributed by atoms with van der Waals surface area (Å²) in [6.45, 7) is 4.62.